The molecular formula is C25H29N5O3S2. The number of aromatic nitrogens is 2. The minimum Gasteiger partial charge on any atom is -0.491 e. The van der Waals surface area contributed by atoms with Crippen LogP contribution in [0.25, 0.3) is 20.4 Å². The predicted octanol–water partition coefficient (Wildman–Crippen LogP) is 3.52. The Morgan fingerprint density at radius 3 is 2.34 bits per heavy atom. The molecule has 0 aliphatic carbocycles. The third-order valence-corrected chi connectivity index (χ3v) is 7.89. The number of ether oxygens (including phenoxy) is 1. The summed E-state index contributed by atoms with van der Waals surface area (Å²) in [6.07, 6.45) is -0.581. The van der Waals surface area contributed by atoms with Crippen LogP contribution in [-0.2, 0) is 4.79 Å². The van der Waals surface area contributed by atoms with Gasteiger partial charge in [-0.2, -0.15) is 0 Å². The van der Waals surface area contributed by atoms with E-state index >= 15 is 0 Å². The van der Waals surface area contributed by atoms with E-state index in [9.17, 15) is 9.90 Å². The van der Waals surface area contributed by atoms with Crippen molar-refractivity contribution in [2.24, 2.45) is 0 Å². The summed E-state index contributed by atoms with van der Waals surface area (Å²) in [6.45, 7) is 8.29. The third kappa shape index (κ3) is 6.14. The van der Waals surface area contributed by atoms with E-state index in [-0.39, 0.29) is 12.5 Å². The number of aliphatic hydroxyl groups excluding tert-OH is 1. The molecule has 1 fully saturated rings. The number of aliphatic hydroxyl groups is 1. The molecule has 1 aliphatic rings. The fourth-order valence-electron chi connectivity index (χ4n) is 4.31. The van der Waals surface area contributed by atoms with Gasteiger partial charge in [0, 0.05) is 44.5 Å². The van der Waals surface area contributed by atoms with Gasteiger partial charge in [-0.05, 0) is 44.2 Å². The number of fused-ring (bicyclic) bond motifs is 2. The zero-order chi connectivity index (χ0) is 24.4. The van der Waals surface area contributed by atoms with Crippen LogP contribution in [0.5, 0.6) is 5.75 Å². The molecular weight excluding hydrogens is 482 g/mol. The minimum absolute atomic E-state index is 0.0227. The first kappa shape index (κ1) is 24.1. The SMILES string of the molecule is Cc1nc2cc(NC(=O)CN3CCN(C[C@@H](O)COc4ccc5sc(C)nc5c4)CC3)ccc2s1. The van der Waals surface area contributed by atoms with E-state index in [1.54, 1.807) is 22.7 Å². The second-order valence-electron chi connectivity index (χ2n) is 8.87. The van der Waals surface area contributed by atoms with Crippen LogP contribution in [0.15, 0.2) is 36.4 Å². The monoisotopic (exact) mass is 511 g/mol. The van der Waals surface area contributed by atoms with Crippen LogP contribution >= 0.6 is 22.7 Å². The van der Waals surface area contributed by atoms with Gasteiger partial charge in [0.25, 0.3) is 0 Å². The normalized spacial score (nSPS) is 16.1. The van der Waals surface area contributed by atoms with Gasteiger partial charge in [0.05, 0.1) is 37.0 Å². The van der Waals surface area contributed by atoms with Crippen molar-refractivity contribution >= 4 is 54.7 Å². The van der Waals surface area contributed by atoms with Gasteiger partial charge in [-0.25, -0.2) is 9.97 Å². The van der Waals surface area contributed by atoms with Gasteiger partial charge in [0.1, 0.15) is 18.5 Å². The Kier molecular flexibility index (Phi) is 7.26. The quantitative estimate of drug-likeness (QED) is 0.374. The zero-order valence-corrected chi connectivity index (χ0v) is 21.5. The maximum absolute atomic E-state index is 12.5. The minimum atomic E-state index is -0.581. The number of carbonyl (C=O) groups excluding carboxylic acids is 1. The number of rotatable bonds is 8. The molecule has 2 aromatic heterocycles. The lowest BCUT2D eigenvalue weighted by Crippen LogP contribution is -2.50. The Labute approximate surface area is 212 Å². The molecule has 10 heteroatoms. The number of β-amino-alcohol motifs (C(OH)–C–C–N with tert-alkyl or cyclic N) is 1. The second kappa shape index (κ2) is 10.5. The van der Waals surface area contributed by atoms with Crippen molar-refractivity contribution in [1.82, 2.24) is 19.8 Å². The van der Waals surface area contributed by atoms with Crippen LogP contribution in [0.3, 0.4) is 0 Å². The number of carbonyl (C=O) groups is 1. The number of nitrogens with zero attached hydrogens (tertiary/aromatic N) is 4. The fourth-order valence-corrected chi connectivity index (χ4v) is 5.92. The largest absolute Gasteiger partial charge is 0.491 e. The van der Waals surface area contributed by atoms with Crippen LogP contribution in [0.2, 0.25) is 0 Å². The Hall–Kier alpha value is -2.63. The number of thiazole rings is 2. The predicted molar refractivity (Wildman–Crippen MR) is 142 cm³/mol. The van der Waals surface area contributed by atoms with Gasteiger partial charge in [0.2, 0.25) is 5.91 Å². The molecule has 184 valence electrons. The molecule has 4 aromatic rings. The van der Waals surface area contributed by atoms with E-state index in [0.29, 0.717) is 13.1 Å². The molecule has 35 heavy (non-hydrogen) atoms. The number of hydrogen-bond acceptors (Lipinski definition) is 9. The summed E-state index contributed by atoms with van der Waals surface area (Å²) in [5.74, 6) is 0.701. The number of hydrogen-bond donors (Lipinski definition) is 2. The van der Waals surface area contributed by atoms with Crippen molar-refractivity contribution in [3.8, 4) is 5.75 Å². The van der Waals surface area contributed by atoms with Gasteiger partial charge in [-0.1, -0.05) is 0 Å². The molecule has 0 bridgehead atoms. The number of anilines is 1. The van der Waals surface area contributed by atoms with E-state index in [0.717, 1.165) is 68.1 Å². The van der Waals surface area contributed by atoms with Crippen molar-refractivity contribution in [3.63, 3.8) is 0 Å². The highest BCUT2D eigenvalue weighted by Crippen LogP contribution is 2.26. The molecule has 2 N–H and O–H groups in total. The van der Waals surface area contributed by atoms with Crippen molar-refractivity contribution in [2.45, 2.75) is 20.0 Å². The van der Waals surface area contributed by atoms with Crippen LogP contribution < -0.4 is 10.1 Å². The lowest BCUT2D eigenvalue weighted by molar-refractivity contribution is -0.117. The molecule has 0 saturated carbocycles. The van der Waals surface area contributed by atoms with E-state index in [2.05, 4.69) is 25.1 Å². The maximum Gasteiger partial charge on any atom is 0.238 e. The number of nitrogens with one attached hydrogen (secondary N) is 1. The van der Waals surface area contributed by atoms with Crippen LogP contribution in [0, 0.1) is 13.8 Å². The van der Waals surface area contributed by atoms with Gasteiger partial charge in [-0.3, -0.25) is 14.6 Å². The first-order chi connectivity index (χ1) is 16.9. The Morgan fingerprint density at radius 1 is 1.00 bits per heavy atom. The summed E-state index contributed by atoms with van der Waals surface area (Å²) in [5, 5.41) is 15.5. The molecule has 3 heterocycles. The molecule has 1 amide bonds. The van der Waals surface area contributed by atoms with E-state index in [4.69, 9.17) is 4.74 Å². The topological polar surface area (TPSA) is 90.8 Å². The summed E-state index contributed by atoms with van der Waals surface area (Å²) < 4.78 is 8.07. The second-order valence-corrected chi connectivity index (χ2v) is 11.3. The van der Waals surface area contributed by atoms with Gasteiger partial charge in [0.15, 0.2) is 0 Å². The summed E-state index contributed by atoms with van der Waals surface area (Å²) in [7, 11) is 0. The molecule has 1 atom stereocenters. The number of benzene rings is 2. The first-order valence-corrected chi connectivity index (χ1v) is 13.3. The highest BCUT2D eigenvalue weighted by atomic mass is 32.1. The summed E-state index contributed by atoms with van der Waals surface area (Å²) in [4.78, 5) is 25.9. The standard InChI is InChI=1S/C25H29N5O3S2/c1-16-26-21-11-18(3-5-23(21)34-16)28-25(32)14-30-9-7-29(8-10-30)13-19(31)15-33-20-4-6-24-22(12-20)27-17(2)35-24/h3-6,11-12,19,31H,7-10,13-15H2,1-2H3,(H,28,32)/t19-/m1/s1. The lowest BCUT2D eigenvalue weighted by Gasteiger charge is -2.35. The van der Waals surface area contributed by atoms with Crippen molar-refractivity contribution in [2.75, 3.05) is 51.2 Å². The molecule has 0 unspecified atom stereocenters. The van der Waals surface area contributed by atoms with Crippen LogP contribution in [0.1, 0.15) is 10.0 Å². The zero-order valence-electron chi connectivity index (χ0n) is 19.9. The van der Waals surface area contributed by atoms with Crippen molar-refractivity contribution < 1.29 is 14.6 Å². The van der Waals surface area contributed by atoms with Crippen LogP contribution in [0.4, 0.5) is 5.69 Å². The van der Waals surface area contributed by atoms with E-state index in [1.807, 2.05) is 50.2 Å². The van der Waals surface area contributed by atoms with Crippen LogP contribution in [-0.4, -0.2) is 82.8 Å². The van der Waals surface area contributed by atoms with Crippen molar-refractivity contribution in [1.29, 1.82) is 0 Å². The highest BCUT2D eigenvalue weighted by Gasteiger charge is 2.21. The molecule has 0 radical (unpaired) electrons. The van der Waals surface area contributed by atoms with Crippen molar-refractivity contribution in [3.05, 3.63) is 46.4 Å². The third-order valence-electron chi connectivity index (χ3n) is 5.99. The number of amides is 1. The van der Waals surface area contributed by atoms with Gasteiger partial charge >= 0.3 is 0 Å². The summed E-state index contributed by atoms with van der Waals surface area (Å²) in [6, 6.07) is 11.7. The van der Waals surface area contributed by atoms with Gasteiger partial charge in [-0.15, -0.1) is 22.7 Å². The van der Waals surface area contributed by atoms with Gasteiger partial charge < -0.3 is 15.2 Å². The molecule has 0 spiro atoms. The molecule has 5 rings (SSSR count). The average Bonchev–Trinajstić information content (AvgIpc) is 3.38. The first-order valence-electron chi connectivity index (χ1n) is 11.7. The number of aryl methyl sites for hydroxylation is 2. The lowest BCUT2D eigenvalue weighted by atomic mass is 10.2. The Balaban J connectivity index is 1.03. The molecule has 1 saturated heterocycles. The molecule has 2 aromatic carbocycles. The highest BCUT2D eigenvalue weighted by molar-refractivity contribution is 7.18. The van der Waals surface area contributed by atoms with E-state index in [1.165, 1.54) is 0 Å². The number of piperazine rings is 1. The Morgan fingerprint density at radius 2 is 1.63 bits per heavy atom. The fraction of sp³-hybridized carbons (Fsp3) is 0.400. The average molecular weight is 512 g/mol. The van der Waals surface area contributed by atoms with E-state index < -0.39 is 6.10 Å². The molecule has 1 aliphatic heterocycles. The molecule has 8 nitrogen and oxygen atoms in total. The summed E-state index contributed by atoms with van der Waals surface area (Å²) in [5.41, 5.74) is 2.62. The Bertz CT molecular complexity index is 1330. The maximum atomic E-state index is 12.5. The summed E-state index contributed by atoms with van der Waals surface area (Å²) >= 11 is 3.31. The smallest absolute Gasteiger partial charge is 0.238 e.